The van der Waals surface area contributed by atoms with Gasteiger partial charge in [0.2, 0.25) is 0 Å². The number of nitrogens with one attached hydrogen (secondary N) is 3. The van der Waals surface area contributed by atoms with Crippen molar-refractivity contribution in [1.29, 1.82) is 0 Å². The largest absolute Gasteiger partial charge is 0.365 e. The topological polar surface area (TPSA) is 105 Å². The Hall–Kier alpha value is -2.88. The Bertz CT molecular complexity index is 849. The van der Waals surface area contributed by atoms with Crippen molar-refractivity contribution in [3.05, 3.63) is 42.0 Å². The molecule has 7 nitrogen and oxygen atoms in total. The van der Waals surface area contributed by atoms with Gasteiger partial charge < -0.3 is 21.7 Å². The molecule has 3 rings (SSSR count). The molecule has 0 spiro atoms. The lowest BCUT2D eigenvalue weighted by Crippen LogP contribution is -2.56. The van der Waals surface area contributed by atoms with Crippen LogP contribution in [0.15, 0.2) is 30.6 Å². The number of likely N-dealkylation sites (N-methyl/N-ethyl adjacent to an activating group) is 1. The molecule has 150 valence electrons. The van der Waals surface area contributed by atoms with Crippen molar-refractivity contribution in [1.82, 2.24) is 15.3 Å². The summed E-state index contributed by atoms with van der Waals surface area (Å²) in [6.45, 7) is 0. The molecular formula is C18H21F3N6O. The van der Waals surface area contributed by atoms with Gasteiger partial charge in [0, 0.05) is 18.7 Å². The molecule has 1 saturated carbocycles. The standard InChI is InChI=1S/C18H21F3N6O/c1-23-13-5-2-6-18(20,21)14(13)26-17-12(19)8-11(15(22)28)16(27-17)25-10-4-3-7-24-9-10/h3-4,7-9,13-14,23H,2,5-6H2,1H3,(H2,22,28)(H2,25,26,27)/t13?,14-/m0/s1. The highest BCUT2D eigenvalue weighted by atomic mass is 19.3. The summed E-state index contributed by atoms with van der Waals surface area (Å²) in [4.78, 5) is 19.6. The Morgan fingerprint density at radius 1 is 1.36 bits per heavy atom. The van der Waals surface area contributed by atoms with Crippen LogP contribution >= 0.6 is 0 Å². The molecule has 0 aromatic carbocycles. The second-order valence-electron chi connectivity index (χ2n) is 6.62. The summed E-state index contributed by atoms with van der Waals surface area (Å²) in [5.41, 5.74) is 5.58. The maximum absolute atomic E-state index is 14.5. The SMILES string of the molecule is CNC1CCCC(F)(F)[C@H]1Nc1nc(Nc2cccnc2)c(C(N)=O)cc1F. The summed E-state index contributed by atoms with van der Waals surface area (Å²) < 4.78 is 43.4. The number of alkyl halides is 2. The first-order valence-electron chi connectivity index (χ1n) is 8.81. The van der Waals surface area contributed by atoms with E-state index in [4.69, 9.17) is 5.73 Å². The van der Waals surface area contributed by atoms with E-state index >= 15 is 0 Å². The van der Waals surface area contributed by atoms with Crippen LogP contribution in [-0.2, 0) is 0 Å². The van der Waals surface area contributed by atoms with E-state index in [1.54, 1.807) is 25.4 Å². The summed E-state index contributed by atoms with van der Waals surface area (Å²) in [5, 5.41) is 8.19. The number of primary amides is 1. The lowest BCUT2D eigenvalue weighted by atomic mass is 9.87. The van der Waals surface area contributed by atoms with Crippen LogP contribution in [0.2, 0.25) is 0 Å². The molecule has 2 atom stereocenters. The normalized spacial score (nSPS) is 21.1. The third kappa shape index (κ3) is 4.16. The van der Waals surface area contributed by atoms with E-state index in [-0.39, 0.29) is 23.6 Å². The number of amides is 1. The maximum atomic E-state index is 14.5. The fraction of sp³-hybridized carbons (Fsp3) is 0.389. The van der Waals surface area contributed by atoms with Gasteiger partial charge in [-0.15, -0.1) is 0 Å². The first kappa shape index (κ1) is 19.9. The van der Waals surface area contributed by atoms with Crippen LogP contribution in [0.4, 0.5) is 30.5 Å². The molecule has 1 aliphatic carbocycles. The summed E-state index contributed by atoms with van der Waals surface area (Å²) in [5.74, 6) is -5.32. The number of carbonyl (C=O) groups excluding carboxylic acids is 1. The van der Waals surface area contributed by atoms with Crippen LogP contribution in [0, 0.1) is 5.82 Å². The first-order valence-corrected chi connectivity index (χ1v) is 8.81. The first-order chi connectivity index (χ1) is 13.3. The third-order valence-corrected chi connectivity index (χ3v) is 4.71. The zero-order valence-electron chi connectivity index (χ0n) is 15.2. The molecule has 10 heteroatoms. The maximum Gasteiger partial charge on any atom is 0.269 e. The lowest BCUT2D eigenvalue weighted by Gasteiger charge is -2.38. The molecule has 1 amide bonds. The fourth-order valence-corrected chi connectivity index (χ4v) is 3.29. The smallest absolute Gasteiger partial charge is 0.269 e. The van der Waals surface area contributed by atoms with Crippen LogP contribution in [-0.4, -0.2) is 40.9 Å². The van der Waals surface area contributed by atoms with Crippen LogP contribution in [0.3, 0.4) is 0 Å². The van der Waals surface area contributed by atoms with Gasteiger partial charge in [-0.2, -0.15) is 0 Å². The molecule has 2 aromatic heterocycles. The second kappa shape index (κ2) is 8.01. The molecule has 2 heterocycles. The van der Waals surface area contributed by atoms with Crippen molar-refractivity contribution >= 4 is 23.2 Å². The molecule has 1 unspecified atom stereocenters. The van der Waals surface area contributed by atoms with Crippen molar-refractivity contribution in [2.24, 2.45) is 5.73 Å². The summed E-state index contributed by atoms with van der Waals surface area (Å²) in [6.07, 6.45) is 3.60. The van der Waals surface area contributed by atoms with Crippen molar-refractivity contribution in [3.63, 3.8) is 0 Å². The minimum Gasteiger partial charge on any atom is -0.365 e. The number of pyridine rings is 2. The van der Waals surface area contributed by atoms with E-state index in [9.17, 15) is 18.0 Å². The van der Waals surface area contributed by atoms with Gasteiger partial charge in [0.25, 0.3) is 11.8 Å². The minimum atomic E-state index is -3.04. The highest BCUT2D eigenvalue weighted by Crippen LogP contribution is 2.36. The number of rotatable bonds is 6. The number of anilines is 3. The van der Waals surface area contributed by atoms with Gasteiger partial charge in [0.1, 0.15) is 11.9 Å². The molecule has 1 aliphatic rings. The number of nitrogens with zero attached hydrogens (tertiary/aromatic N) is 2. The number of hydrogen-bond donors (Lipinski definition) is 4. The Kier molecular flexibility index (Phi) is 5.68. The van der Waals surface area contributed by atoms with Crippen molar-refractivity contribution in [3.8, 4) is 0 Å². The van der Waals surface area contributed by atoms with E-state index in [1.165, 1.54) is 6.20 Å². The van der Waals surface area contributed by atoms with Gasteiger partial charge in [0.05, 0.1) is 17.4 Å². The van der Waals surface area contributed by atoms with Crippen LogP contribution < -0.4 is 21.7 Å². The summed E-state index contributed by atoms with van der Waals surface area (Å²) in [6, 6.07) is 2.28. The number of nitrogens with two attached hydrogens (primary N) is 1. The van der Waals surface area contributed by atoms with E-state index < -0.39 is 29.7 Å². The molecule has 0 saturated heterocycles. The van der Waals surface area contributed by atoms with Crippen LogP contribution in [0.5, 0.6) is 0 Å². The van der Waals surface area contributed by atoms with Gasteiger partial charge in [-0.1, -0.05) is 0 Å². The summed E-state index contributed by atoms with van der Waals surface area (Å²) in [7, 11) is 1.58. The molecule has 0 aliphatic heterocycles. The molecule has 5 N–H and O–H groups in total. The number of carbonyl (C=O) groups is 1. The number of aromatic nitrogens is 2. The molecule has 0 bridgehead atoms. The second-order valence-corrected chi connectivity index (χ2v) is 6.62. The van der Waals surface area contributed by atoms with Crippen LogP contribution in [0.25, 0.3) is 0 Å². The zero-order valence-corrected chi connectivity index (χ0v) is 15.2. The average Bonchev–Trinajstić information content (AvgIpc) is 2.65. The molecule has 1 fully saturated rings. The Morgan fingerprint density at radius 2 is 2.14 bits per heavy atom. The highest BCUT2D eigenvalue weighted by molar-refractivity contribution is 5.98. The average molecular weight is 394 g/mol. The molecular weight excluding hydrogens is 373 g/mol. The summed E-state index contributed by atoms with van der Waals surface area (Å²) >= 11 is 0. The number of hydrogen-bond acceptors (Lipinski definition) is 6. The lowest BCUT2D eigenvalue weighted by molar-refractivity contribution is -0.0550. The predicted molar refractivity (Wildman–Crippen MR) is 99.3 cm³/mol. The predicted octanol–water partition coefficient (Wildman–Crippen LogP) is 2.65. The van der Waals surface area contributed by atoms with Gasteiger partial charge in [-0.25, -0.2) is 18.2 Å². The van der Waals surface area contributed by atoms with Crippen molar-refractivity contribution < 1.29 is 18.0 Å². The minimum absolute atomic E-state index is 0.0514. The van der Waals surface area contributed by atoms with Crippen LogP contribution in [0.1, 0.15) is 29.6 Å². The highest BCUT2D eigenvalue weighted by Gasteiger charge is 2.47. The van der Waals surface area contributed by atoms with Gasteiger partial charge in [-0.3, -0.25) is 9.78 Å². The van der Waals surface area contributed by atoms with Crippen molar-refractivity contribution in [2.45, 2.75) is 37.3 Å². The number of halogens is 3. The van der Waals surface area contributed by atoms with E-state index in [0.717, 1.165) is 6.07 Å². The van der Waals surface area contributed by atoms with E-state index in [0.29, 0.717) is 18.5 Å². The Labute approximate surface area is 159 Å². The Morgan fingerprint density at radius 3 is 2.79 bits per heavy atom. The molecule has 0 radical (unpaired) electrons. The van der Waals surface area contributed by atoms with Crippen molar-refractivity contribution in [2.75, 3.05) is 17.7 Å². The molecule has 28 heavy (non-hydrogen) atoms. The quantitative estimate of drug-likeness (QED) is 0.600. The van der Waals surface area contributed by atoms with E-state index in [1.807, 2.05) is 0 Å². The zero-order chi connectivity index (χ0) is 20.3. The third-order valence-electron chi connectivity index (χ3n) is 4.71. The fourth-order valence-electron chi connectivity index (χ4n) is 3.29. The monoisotopic (exact) mass is 394 g/mol. The van der Waals surface area contributed by atoms with Gasteiger partial charge >= 0.3 is 0 Å². The van der Waals surface area contributed by atoms with Gasteiger partial charge in [0.15, 0.2) is 11.6 Å². The Balaban J connectivity index is 1.96. The van der Waals surface area contributed by atoms with Gasteiger partial charge in [-0.05, 0) is 38.1 Å². The molecule has 2 aromatic rings. The van der Waals surface area contributed by atoms with E-state index in [2.05, 4.69) is 25.9 Å².